The van der Waals surface area contributed by atoms with E-state index in [1.165, 1.54) is 24.5 Å². The Balaban J connectivity index is 1.35. The third kappa shape index (κ3) is 3.29. The molecule has 5 rings (SSSR count). The predicted molar refractivity (Wildman–Crippen MR) is 112 cm³/mol. The van der Waals surface area contributed by atoms with Gasteiger partial charge in [0.15, 0.2) is 6.10 Å². The largest absolute Gasteiger partial charge is 0.479 e. The van der Waals surface area contributed by atoms with Crippen molar-refractivity contribution in [2.45, 2.75) is 19.6 Å². The van der Waals surface area contributed by atoms with Crippen molar-refractivity contribution in [2.75, 3.05) is 10.6 Å². The van der Waals surface area contributed by atoms with E-state index in [1.54, 1.807) is 37.3 Å². The molecule has 1 unspecified atom stereocenters. The molecule has 1 atom stereocenters. The van der Waals surface area contributed by atoms with Gasteiger partial charge in [0.25, 0.3) is 23.6 Å². The first-order valence-corrected chi connectivity index (χ1v) is 9.86. The number of rotatable bonds is 4. The number of carbonyl (C=O) groups excluding carboxylic acids is 4. The molecule has 0 bridgehead atoms. The zero-order valence-corrected chi connectivity index (χ0v) is 16.9. The van der Waals surface area contributed by atoms with Crippen LogP contribution in [-0.2, 0) is 11.3 Å². The lowest BCUT2D eigenvalue weighted by Crippen LogP contribution is -2.34. The van der Waals surface area contributed by atoms with Gasteiger partial charge < -0.3 is 19.8 Å². The van der Waals surface area contributed by atoms with Gasteiger partial charge in [-0.25, -0.2) is 0 Å². The standard InChI is InChI=1S/C23H17N3O6/c1-12-20(27)25-18-10-14(5-7-19(18)32-12)24-21(28)13-4-6-16-17(9-13)23(30)26(22(16)29)11-15-3-2-8-31-15/h2-10,12H,11H2,1H3,(H,24,28)(H,25,27). The number of hydrogen-bond donors (Lipinski definition) is 2. The summed E-state index contributed by atoms with van der Waals surface area (Å²) in [6.45, 7) is 1.66. The molecular weight excluding hydrogens is 414 g/mol. The monoisotopic (exact) mass is 431 g/mol. The summed E-state index contributed by atoms with van der Waals surface area (Å²) in [7, 11) is 0. The van der Waals surface area contributed by atoms with Crippen molar-refractivity contribution >= 4 is 35.0 Å². The Morgan fingerprint density at radius 1 is 1.06 bits per heavy atom. The molecule has 0 spiro atoms. The molecule has 0 fully saturated rings. The molecule has 32 heavy (non-hydrogen) atoms. The van der Waals surface area contributed by atoms with Crippen molar-refractivity contribution in [3.63, 3.8) is 0 Å². The summed E-state index contributed by atoms with van der Waals surface area (Å²) in [5, 5.41) is 5.45. The molecule has 3 heterocycles. The van der Waals surface area contributed by atoms with Crippen LogP contribution in [0, 0.1) is 0 Å². The highest BCUT2D eigenvalue weighted by atomic mass is 16.5. The maximum absolute atomic E-state index is 12.8. The second-order valence-electron chi connectivity index (χ2n) is 7.45. The van der Waals surface area contributed by atoms with Crippen LogP contribution in [0.2, 0.25) is 0 Å². The van der Waals surface area contributed by atoms with Gasteiger partial charge in [-0.1, -0.05) is 0 Å². The number of fused-ring (bicyclic) bond motifs is 2. The molecule has 9 nitrogen and oxygen atoms in total. The first kappa shape index (κ1) is 19.6. The number of ether oxygens (including phenoxy) is 1. The Bertz CT molecular complexity index is 1280. The normalized spacial score (nSPS) is 16.8. The van der Waals surface area contributed by atoms with Crippen LogP contribution in [0.25, 0.3) is 0 Å². The third-order valence-corrected chi connectivity index (χ3v) is 5.30. The summed E-state index contributed by atoms with van der Waals surface area (Å²) in [4.78, 5) is 51.0. The molecule has 2 N–H and O–H groups in total. The van der Waals surface area contributed by atoms with E-state index in [0.717, 1.165) is 4.90 Å². The number of furan rings is 1. The second-order valence-corrected chi connectivity index (χ2v) is 7.45. The van der Waals surface area contributed by atoms with Crippen LogP contribution in [0.5, 0.6) is 5.75 Å². The molecule has 0 aliphatic carbocycles. The molecule has 160 valence electrons. The fourth-order valence-corrected chi connectivity index (χ4v) is 3.62. The second kappa shape index (κ2) is 7.38. The minimum Gasteiger partial charge on any atom is -0.479 e. The lowest BCUT2D eigenvalue weighted by Gasteiger charge is -2.23. The van der Waals surface area contributed by atoms with E-state index < -0.39 is 23.8 Å². The molecule has 2 aliphatic rings. The summed E-state index contributed by atoms with van der Waals surface area (Å²) in [5.41, 5.74) is 1.51. The lowest BCUT2D eigenvalue weighted by molar-refractivity contribution is -0.122. The first-order valence-electron chi connectivity index (χ1n) is 9.86. The van der Waals surface area contributed by atoms with Crippen LogP contribution < -0.4 is 15.4 Å². The van der Waals surface area contributed by atoms with Crippen molar-refractivity contribution < 1.29 is 28.3 Å². The Morgan fingerprint density at radius 3 is 2.66 bits per heavy atom. The summed E-state index contributed by atoms with van der Waals surface area (Å²) in [5.74, 6) is -0.675. The van der Waals surface area contributed by atoms with Crippen LogP contribution in [0.1, 0.15) is 43.8 Å². The van der Waals surface area contributed by atoms with Gasteiger partial charge >= 0.3 is 0 Å². The van der Waals surface area contributed by atoms with Crippen LogP contribution in [0.4, 0.5) is 11.4 Å². The smallest absolute Gasteiger partial charge is 0.265 e. The van der Waals surface area contributed by atoms with Gasteiger partial charge in [-0.05, 0) is 55.5 Å². The van der Waals surface area contributed by atoms with E-state index in [2.05, 4.69) is 10.6 Å². The topological polar surface area (TPSA) is 118 Å². The van der Waals surface area contributed by atoms with E-state index in [9.17, 15) is 19.2 Å². The highest BCUT2D eigenvalue weighted by Crippen LogP contribution is 2.32. The first-order chi connectivity index (χ1) is 15.4. The van der Waals surface area contributed by atoms with Gasteiger partial charge in [0.05, 0.1) is 29.6 Å². The number of benzene rings is 2. The molecular formula is C23H17N3O6. The number of nitrogens with zero attached hydrogens (tertiary/aromatic N) is 1. The van der Waals surface area contributed by atoms with Crippen LogP contribution >= 0.6 is 0 Å². The molecule has 4 amide bonds. The van der Waals surface area contributed by atoms with Gasteiger partial charge in [0.1, 0.15) is 11.5 Å². The molecule has 0 saturated heterocycles. The Hall–Kier alpha value is -4.40. The zero-order chi connectivity index (χ0) is 22.4. The fourth-order valence-electron chi connectivity index (χ4n) is 3.62. The number of imide groups is 1. The number of amides is 4. The number of hydrogen-bond acceptors (Lipinski definition) is 6. The van der Waals surface area contributed by atoms with Crippen molar-refractivity contribution in [3.05, 3.63) is 77.2 Å². The van der Waals surface area contributed by atoms with Crippen molar-refractivity contribution in [1.29, 1.82) is 0 Å². The van der Waals surface area contributed by atoms with Gasteiger partial charge in [0.2, 0.25) is 0 Å². The average Bonchev–Trinajstić information content (AvgIpc) is 3.37. The van der Waals surface area contributed by atoms with E-state index in [0.29, 0.717) is 22.9 Å². The maximum atomic E-state index is 12.8. The molecule has 2 aromatic carbocycles. The molecule has 3 aromatic rings. The summed E-state index contributed by atoms with van der Waals surface area (Å²) >= 11 is 0. The van der Waals surface area contributed by atoms with Gasteiger partial charge in [-0.15, -0.1) is 0 Å². The fraction of sp³-hybridized carbons (Fsp3) is 0.130. The highest BCUT2D eigenvalue weighted by Gasteiger charge is 2.36. The summed E-state index contributed by atoms with van der Waals surface area (Å²) < 4.78 is 10.7. The molecule has 0 saturated carbocycles. The van der Waals surface area contributed by atoms with E-state index >= 15 is 0 Å². The van der Waals surface area contributed by atoms with Crippen molar-refractivity contribution in [1.82, 2.24) is 4.90 Å². The maximum Gasteiger partial charge on any atom is 0.265 e. The van der Waals surface area contributed by atoms with E-state index in [1.807, 2.05) is 0 Å². The Kier molecular flexibility index (Phi) is 4.51. The minimum atomic E-state index is -0.595. The number of anilines is 2. The van der Waals surface area contributed by atoms with Crippen LogP contribution in [0.15, 0.2) is 59.2 Å². The Labute approximate surface area is 182 Å². The molecule has 1 aromatic heterocycles. The lowest BCUT2D eigenvalue weighted by atomic mass is 10.1. The number of nitrogens with one attached hydrogen (secondary N) is 2. The third-order valence-electron chi connectivity index (χ3n) is 5.30. The van der Waals surface area contributed by atoms with Gasteiger partial charge in [-0.2, -0.15) is 0 Å². The van der Waals surface area contributed by atoms with Gasteiger partial charge in [-0.3, -0.25) is 24.1 Å². The summed E-state index contributed by atoms with van der Waals surface area (Å²) in [6, 6.07) is 12.6. The SMILES string of the molecule is CC1Oc2ccc(NC(=O)c3ccc4c(c3)C(=O)N(Cc3ccco3)C4=O)cc2NC1=O. The van der Waals surface area contributed by atoms with E-state index in [4.69, 9.17) is 9.15 Å². The van der Waals surface area contributed by atoms with Crippen molar-refractivity contribution in [2.24, 2.45) is 0 Å². The minimum absolute atomic E-state index is 0.0163. The number of carbonyl (C=O) groups is 4. The highest BCUT2D eigenvalue weighted by molar-refractivity contribution is 6.22. The quantitative estimate of drug-likeness (QED) is 0.613. The predicted octanol–water partition coefficient (Wildman–Crippen LogP) is 3.05. The summed E-state index contributed by atoms with van der Waals surface area (Å²) in [6.07, 6.45) is 0.872. The molecule has 2 aliphatic heterocycles. The Morgan fingerprint density at radius 2 is 1.88 bits per heavy atom. The molecule has 0 radical (unpaired) electrons. The van der Waals surface area contributed by atoms with Crippen LogP contribution in [-0.4, -0.2) is 34.6 Å². The van der Waals surface area contributed by atoms with Gasteiger partial charge in [0, 0.05) is 11.3 Å². The zero-order valence-electron chi connectivity index (χ0n) is 16.9. The average molecular weight is 431 g/mol. The molecule has 9 heteroatoms. The van der Waals surface area contributed by atoms with Crippen LogP contribution in [0.3, 0.4) is 0 Å². The van der Waals surface area contributed by atoms with Crippen molar-refractivity contribution in [3.8, 4) is 5.75 Å². The van der Waals surface area contributed by atoms with E-state index in [-0.39, 0.29) is 29.1 Å².